The summed E-state index contributed by atoms with van der Waals surface area (Å²) in [4.78, 5) is 20.0. The minimum Gasteiger partial charge on any atom is -0.369 e. The maximum absolute atomic E-state index is 11.3. The van der Waals surface area contributed by atoms with Crippen LogP contribution in [0.25, 0.3) is 0 Å². The fourth-order valence-electron chi connectivity index (χ4n) is 1.37. The van der Waals surface area contributed by atoms with Gasteiger partial charge in [-0.1, -0.05) is 13.8 Å². The van der Waals surface area contributed by atoms with Crippen molar-refractivity contribution in [2.45, 2.75) is 33.1 Å². The summed E-state index contributed by atoms with van der Waals surface area (Å²) in [5, 5.41) is 5.88. The monoisotopic (exact) mass is 314 g/mol. The smallest absolute Gasteiger partial charge is 0.221 e. The highest BCUT2D eigenvalue weighted by Crippen LogP contribution is 2.17. The van der Waals surface area contributed by atoms with Gasteiger partial charge in [0.25, 0.3) is 0 Å². The van der Waals surface area contributed by atoms with Crippen molar-refractivity contribution in [1.82, 2.24) is 15.3 Å². The van der Waals surface area contributed by atoms with Crippen molar-refractivity contribution < 1.29 is 4.79 Å². The number of amides is 1. The van der Waals surface area contributed by atoms with Gasteiger partial charge in [0.2, 0.25) is 5.91 Å². The van der Waals surface area contributed by atoms with Crippen LogP contribution in [0, 0.1) is 0 Å². The predicted octanol–water partition coefficient (Wildman–Crippen LogP) is 2.30. The van der Waals surface area contributed by atoms with E-state index in [2.05, 4.69) is 36.5 Å². The summed E-state index contributed by atoms with van der Waals surface area (Å²) in [5.41, 5.74) is 0. The molecule has 0 aliphatic carbocycles. The summed E-state index contributed by atoms with van der Waals surface area (Å²) < 4.78 is 0.752. The van der Waals surface area contributed by atoms with E-state index in [9.17, 15) is 4.79 Å². The molecule has 5 nitrogen and oxygen atoms in total. The van der Waals surface area contributed by atoms with Crippen LogP contribution in [0.5, 0.6) is 0 Å². The maximum atomic E-state index is 11.3. The molecular formula is C12H19BrN4O. The number of hydrogen-bond acceptors (Lipinski definition) is 4. The molecule has 0 fully saturated rings. The maximum Gasteiger partial charge on any atom is 0.221 e. The number of aromatic nitrogens is 2. The normalized spacial score (nSPS) is 10.5. The molecule has 0 bridgehead atoms. The third-order valence-electron chi connectivity index (χ3n) is 2.26. The molecule has 6 heteroatoms. The van der Waals surface area contributed by atoms with Gasteiger partial charge in [-0.3, -0.25) is 4.79 Å². The summed E-state index contributed by atoms with van der Waals surface area (Å²) in [7, 11) is 0. The van der Waals surface area contributed by atoms with Gasteiger partial charge in [0, 0.05) is 31.5 Å². The molecule has 1 heterocycles. The van der Waals surface area contributed by atoms with Crippen molar-refractivity contribution >= 4 is 27.7 Å². The van der Waals surface area contributed by atoms with Crippen molar-refractivity contribution in [2.24, 2.45) is 0 Å². The average Bonchev–Trinajstić information content (AvgIpc) is 2.28. The van der Waals surface area contributed by atoms with E-state index in [1.54, 1.807) is 0 Å². The van der Waals surface area contributed by atoms with Crippen LogP contribution in [0.4, 0.5) is 5.82 Å². The molecule has 18 heavy (non-hydrogen) atoms. The first-order valence-corrected chi connectivity index (χ1v) is 6.87. The van der Waals surface area contributed by atoms with Crippen LogP contribution in [-0.2, 0) is 4.79 Å². The van der Waals surface area contributed by atoms with Crippen molar-refractivity contribution in [3.63, 3.8) is 0 Å². The molecule has 0 aliphatic heterocycles. The zero-order valence-electron chi connectivity index (χ0n) is 11.0. The topological polar surface area (TPSA) is 66.9 Å². The molecule has 1 aromatic rings. The molecule has 0 unspecified atom stereocenters. The lowest BCUT2D eigenvalue weighted by Crippen LogP contribution is -2.24. The Morgan fingerprint density at radius 1 is 1.44 bits per heavy atom. The molecule has 1 amide bonds. The molecule has 0 radical (unpaired) electrons. The highest BCUT2D eigenvalue weighted by molar-refractivity contribution is 9.10. The molecule has 1 rings (SSSR count). The van der Waals surface area contributed by atoms with Crippen LogP contribution in [0.1, 0.15) is 38.9 Å². The summed E-state index contributed by atoms with van der Waals surface area (Å²) in [6, 6.07) is 1.81. The number of hydrogen-bond donors (Lipinski definition) is 2. The van der Waals surface area contributed by atoms with Gasteiger partial charge >= 0.3 is 0 Å². The Bertz CT molecular complexity index is 409. The van der Waals surface area contributed by atoms with Crippen molar-refractivity contribution in [1.29, 1.82) is 0 Å². The first kappa shape index (κ1) is 14.9. The Kier molecular flexibility index (Phi) is 6.04. The van der Waals surface area contributed by atoms with Crippen LogP contribution < -0.4 is 10.6 Å². The second kappa shape index (κ2) is 7.31. The quantitative estimate of drug-likeness (QED) is 0.791. The second-order valence-corrected chi connectivity index (χ2v) is 5.03. The molecule has 0 atom stereocenters. The van der Waals surface area contributed by atoms with E-state index in [-0.39, 0.29) is 11.8 Å². The Balaban J connectivity index is 2.54. The Morgan fingerprint density at radius 3 is 2.78 bits per heavy atom. The SMILES string of the molecule is CCNC(=O)CCNc1cc(Br)nc(C(C)C)n1. The molecule has 0 saturated carbocycles. The minimum atomic E-state index is 0.0437. The van der Waals surface area contributed by atoms with Gasteiger partial charge < -0.3 is 10.6 Å². The first-order valence-electron chi connectivity index (χ1n) is 6.08. The van der Waals surface area contributed by atoms with Gasteiger partial charge in [-0.15, -0.1) is 0 Å². The molecular weight excluding hydrogens is 296 g/mol. The fraction of sp³-hybridized carbons (Fsp3) is 0.583. The standard InChI is InChI=1S/C12H19BrN4O/c1-4-14-11(18)5-6-15-10-7-9(13)16-12(17-10)8(2)3/h7-8H,4-6H2,1-3H3,(H,14,18)(H,15,16,17). The number of rotatable bonds is 6. The number of nitrogens with one attached hydrogen (secondary N) is 2. The van der Waals surface area contributed by atoms with Gasteiger partial charge in [0.15, 0.2) is 0 Å². The van der Waals surface area contributed by atoms with E-state index in [1.807, 2.05) is 26.8 Å². The van der Waals surface area contributed by atoms with Gasteiger partial charge in [0.1, 0.15) is 16.2 Å². The molecule has 0 aromatic carbocycles. The lowest BCUT2D eigenvalue weighted by molar-refractivity contribution is -0.120. The Labute approximate surface area is 116 Å². The summed E-state index contributed by atoms with van der Waals surface area (Å²) >= 11 is 3.36. The van der Waals surface area contributed by atoms with E-state index < -0.39 is 0 Å². The van der Waals surface area contributed by atoms with Crippen molar-refractivity contribution in [3.05, 3.63) is 16.5 Å². The van der Waals surface area contributed by atoms with E-state index in [4.69, 9.17) is 0 Å². The first-order chi connectivity index (χ1) is 8.52. The molecule has 1 aromatic heterocycles. The molecule has 0 saturated heterocycles. The average molecular weight is 315 g/mol. The van der Waals surface area contributed by atoms with Crippen LogP contribution in [0.15, 0.2) is 10.7 Å². The third kappa shape index (κ3) is 5.00. The van der Waals surface area contributed by atoms with Gasteiger partial charge in [-0.05, 0) is 22.9 Å². The van der Waals surface area contributed by atoms with E-state index in [0.29, 0.717) is 19.5 Å². The summed E-state index contributed by atoms with van der Waals surface area (Å²) in [6.07, 6.45) is 0.437. The van der Waals surface area contributed by atoms with Crippen LogP contribution in [0.2, 0.25) is 0 Å². The second-order valence-electron chi connectivity index (χ2n) is 4.22. The number of halogens is 1. The zero-order chi connectivity index (χ0) is 13.5. The lowest BCUT2D eigenvalue weighted by atomic mass is 10.2. The molecule has 2 N–H and O–H groups in total. The van der Waals surface area contributed by atoms with Gasteiger partial charge in [-0.25, -0.2) is 9.97 Å². The fourth-order valence-corrected chi connectivity index (χ4v) is 1.77. The number of carbonyl (C=O) groups is 1. The lowest BCUT2D eigenvalue weighted by Gasteiger charge is -2.09. The molecule has 0 spiro atoms. The van der Waals surface area contributed by atoms with Gasteiger partial charge in [0.05, 0.1) is 0 Å². The van der Waals surface area contributed by atoms with E-state index in [0.717, 1.165) is 16.2 Å². The molecule has 100 valence electrons. The summed E-state index contributed by atoms with van der Waals surface area (Å²) in [6.45, 7) is 7.21. The summed E-state index contributed by atoms with van der Waals surface area (Å²) in [5.74, 6) is 1.84. The van der Waals surface area contributed by atoms with E-state index in [1.165, 1.54) is 0 Å². The number of nitrogens with zero attached hydrogens (tertiary/aromatic N) is 2. The third-order valence-corrected chi connectivity index (χ3v) is 2.67. The van der Waals surface area contributed by atoms with Crippen LogP contribution in [-0.4, -0.2) is 29.0 Å². The Morgan fingerprint density at radius 2 is 2.17 bits per heavy atom. The minimum absolute atomic E-state index is 0.0437. The number of anilines is 1. The van der Waals surface area contributed by atoms with Gasteiger partial charge in [-0.2, -0.15) is 0 Å². The van der Waals surface area contributed by atoms with Crippen LogP contribution >= 0.6 is 15.9 Å². The zero-order valence-corrected chi connectivity index (χ0v) is 12.5. The van der Waals surface area contributed by atoms with E-state index >= 15 is 0 Å². The highest BCUT2D eigenvalue weighted by atomic mass is 79.9. The largest absolute Gasteiger partial charge is 0.369 e. The molecule has 0 aliphatic rings. The Hall–Kier alpha value is -1.17. The van der Waals surface area contributed by atoms with Crippen LogP contribution in [0.3, 0.4) is 0 Å². The van der Waals surface area contributed by atoms with Crippen molar-refractivity contribution in [2.75, 3.05) is 18.4 Å². The predicted molar refractivity (Wildman–Crippen MR) is 75.6 cm³/mol. The number of carbonyl (C=O) groups excluding carboxylic acids is 1. The highest BCUT2D eigenvalue weighted by Gasteiger charge is 2.07. The van der Waals surface area contributed by atoms with Crippen molar-refractivity contribution in [3.8, 4) is 0 Å².